The summed E-state index contributed by atoms with van der Waals surface area (Å²) in [6, 6.07) is 13.9. The number of hydrogen-bond donors (Lipinski definition) is 0. The maximum absolute atomic E-state index is 13.3. The Balaban J connectivity index is 1.60. The predicted octanol–water partition coefficient (Wildman–Crippen LogP) is 2.50. The molecule has 146 valence electrons. The minimum absolute atomic E-state index is 0.115. The van der Waals surface area contributed by atoms with Crippen LogP contribution in [-0.2, 0) is 21.4 Å². The molecule has 7 nitrogen and oxygen atoms in total. The zero-order valence-electron chi connectivity index (χ0n) is 15.4. The Hall–Kier alpha value is -2.36. The highest BCUT2D eigenvalue weighted by atomic mass is 32.2. The van der Waals surface area contributed by atoms with Crippen LogP contribution >= 0.6 is 11.7 Å². The van der Waals surface area contributed by atoms with Gasteiger partial charge in [0.15, 0.2) is 0 Å². The first kappa shape index (κ1) is 19.0. The van der Waals surface area contributed by atoms with Crippen LogP contribution in [0.25, 0.3) is 11.0 Å². The summed E-state index contributed by atoms with van der Waals surface area (Å²) in [7, 11) is -2.13. The lowest BCUT2D eigenvalue weighted by Gasteiger charge is -2.27. The van der Waals surface area contributed by atoms with Gasteiger partial charge >= 0.3 is 0 Å². The molecule has 1 unspecified atom stereocenters. The highest BCUT2D eigenvalue weighted by Gasteiger charge is 2.41. The number of fused-ring (bicyclic) bond motifs is 1. The van der Waals surface area contributed by atoms with E-state index in [4.69, 9.17) is 0 Å². The van der Waals surface area contributed by atoms with Gasteiger partial charge in [-0.3, -0.25) is 4.79 Å². The molecule has 1 fully saturated rings. The van der Waals surface area contributed by atoms with Gasteiger partial charge in [-0.1, -0.05) is 36.4 Å². The number of aromatic nitrogens is 2. The van der Waals surface area contributed by atoms with E-state index in [1.807, 2.05) is 30.3 Å². The lowest BCUT2D eigenvalue weighted by Crippen LogP contribution is -2.46. The quantitative estimate of drug-likeness (QED) is 0.638. The minimum Gasteiger partial charge on any atom is -0.340 e. The number of likely N-dealkylation sites (N-methyl/N-ethyl adjacent to an activating group) is 1. The number of amides is 1. The number of sulfonamides is 1. The van der Waals surface area contributed by atoms with Crippen molar-refractivity contribution in [1.29, 1.82) is 0 Å². The van der Waals surface area contributed by atoms with E-state index >= 15 is 0 Å². The summed E-state index contributed by atoms with van der Waals surface area (Å²) in [5.41, 5.74) is 1.92. The third-order valence-corrected chi connectivity index (χ3v) is 7.45. The van der Waals surface area contributed by atoms with Crippen molar-refractivity contribution in [3.8, 4) is 0 Å². The second-order valence-electron chi connectivity index (χ2n) is 6.84. The van der Waals surface area contributed by atoms with E-state index in [0.29, 0.717) is 37.0 Å². The van der Waals surface area contributed by atoms with Crippen LogP contribution in [0, 0.1) is 0 Å². The molecule has 2 aromatic carbocycles. The average molecular weight is 417 g/mol. The molecule has 0 N–H and O–H groups in total. The molecule has 1 atom stereocenters. The molecule has 1 aromatic heterocycles. The molecule has 0 bridgehead atoms. The van der Waals surface area contributed by atoms with Crippen LogP contribution in [0.3, 0.4) is 0 Å². The fraction of sp³-hybridized carbons (Fsp3) is 0.316. The van der Waals surface area contributed by atoms with Gasteiger partial charge < -0.3 is 4.90 Å². The molecule has 1 saturated heterocycles. The average Bonchev–Trinajstić information content (AvgIpc) is 3.37. The molecule has 3 aromatic rings. The summed E-state index contributed by atoms with van der Waals surface area (Å²) < 4.78 is 36.3. The Kier molecular flexibility index (Phi) is 5.13. The first-order valence-corrected chi connectivity index (χ1v) is 11.2. The fourth-order valence-corrected chi connectivity index (χ4v) is 5.99. The van der Waals surface area contributed by atoms with Gasteiger partial charge in [-0.25, -0.2) is 8.42 Å². The van der Waals surface area contributed by atoms with E-state index in [1.54, 1.807) is 24.1 Å². The van der Waals surface area contributed by atoms with Crippen molar-refractivity contribution in [2.24, 2.45) is 0 Å². The first-order valence-electron chi connectivity index (χ1n) is 9.00. The molecule has 1 aliphatic heterocycles. The van der Waals surface area contributed by atoms with E-state index in [1.165, 1.54) is 10.4 Å². The van der Waals surface area contributed by atoms with Crippen LogP contribution in [0.15, 0.2) is 53.4 Å². The molecule has 2 heterocycles. The zero-order chi connectivity index (χ0) is 19.7. The standard InChI is InChI=1S/C19H20N4O3S2/c1-22(13-14-7-3-2-4-8-14)19(24)16-10-6-12-23(16)28(25,26)17-11-5-9-15-18(17)21-27-20-15/h2-5,7-9,11,16H,6,10,12-13H2,1H3. The Labute approximate surface area is 168 Å². The van der Waals surface area contributed by atoms with Crippen LogP contribution in [0.4, 0.5) is 0 Å². The number of nitrogens with zero attached hydrogens (tertiary/aromatic N) is 4. The maximum Gasteiger partial charge on any atom is 0.246 e. The molecule has 0 spiro atoms. The van der Waals surface area contributed by atoms with Crippen molar-refractivity contribution in [2.45, 2.75) is 30.3 Å². The first-order chi connectivity index (χ1) is 13.5. The number of carbonyl (C=O) groups excluding carboxylic acids is 1. The van der Waals surface area contributed by atoms with Crippen molar-refractivity contribution < 1.29 is 13.2 Å². The largest absolute Gasteiger partial charge is 0.340 e. The second kappa shape index (κ2) is 7.57. The van der Waals surface area contributed by atoms with Crippen LogP contribution < -0.4 is 0 Å². The van der Waals surface area contributed by atoms with Gasteiger partial charge in [0, 0.05) is 20.1 Å². The van der Waals surface area contributed by atoms with Gasteiger partial charge in [0.1, 0.15) is 22.0 Å². The Morgan fingerprint density at radius 3 is 2.75 bits per heavy atom. The van der Waals surface area contributed by atoms with E-state index in [0.717, 1.165) is 17.3 Å². The number of rotatable bonds is 5. The molecular formula is C19H20N4O3S2. The van der Waals surface area contributed by atoms with Crippen LogP contribution in [0.2, 0.25) is 0 Å². The van der Waals surface area contributed by atoms with Crippen molar-refractivity contribution in [3.63, 3.8) is 0 Å². The molecule has 4 rings (SSSR count). The molecule has 0 radical (unpaired) electrons. The summed E-state index contributed by atoms with van der Waals surface area (Å²) in [6.45, 7) is 0.765. The number of carbonyl (C=O) groups is 1. The molecule has 9 heteroatoms. The van der Waals surface area contributed by atoms with Gasteiger partial charge in [0.2, 0.25) is 15.9 Å². The van der Waals surface area contributed by atoms with Crippen LogP contribution in [-0.4, -0.2) is 51.9 Å². The van der Waals surface area contributed by atoms with Crippen molar-refractivity contribution >= 4 is 38.7 Å². The third kappa shape index (κ3) is 3.41. The predicted molar refractivity (Wildman–Crippen MR) is 107 cm³/mol. The highest BCUT2D eigenvalue weighted by Crippen LogP contribution is 2.30. The van der Waals surface area contributed by atoms with Crippen LogP contribution in [0.1, 0.15) is 18.4 Å². The molecule has 0 aliphatic carbocycles. The van der Waals surface area contributed by atoms with Crippen LogP contribution in [0.5, 0.6) is 0 Å². The monoisotopic (exact) mass is 416 g/mol. The van der Waals surface area contributed by atoms with Crippen molar-refractivity contribution in [2.75, 3.05) is 13.6 Å². The molecular weight excluding hydrogens is 396 g/mol. The summed E-state index contributed by atoms with van der Waals surface area (Å²) >= 11 is 0.981. The highest BCUT2D eigenvalue weighted by molar-refractivity contribution is 7.89. The van der Waals surface area contributed by atoms with Gasteiger partial charge in [0.05, 0.1) is 11.7 Å². The molecule has 28 heavy (non-hydrogen) atoms. The van der Waals surface area contributed by atoms with Gasteiger partial charge in [-0.15, -0.1) is 0 Å². The fourth-order valence-electron chi connectivity index (χ4n) is 3.58. The summed E-state index contributed by atoms with van der Waals surface area (Å²) in [5, 5.41) is 0. The topological polar surface area (TPSA) is 83.5 Å². The zero-order valence-corrected chi connectivity index (χ0v) is 17.0. The Morgan fingerprint density at radius 1 is 1.18 bits per heavy atom. The smallest absolute Gasteiger partial charge is 0.246 e. The minimum atomic E-state index is -3.85. The molecule has 1 aliphatic rings. The van der Waals surface area contributed by atoms with E-state index in [-0.39, 0.29) is 10.8 Å². The van der Waals surface area contributed by atoms with E-state index in [2.05, 4.69) is 8.75 Å². The van der Waals surface area contributed by atoms with E-state index < -0.39 is 16.1 Å². The summed E-state index contributed by atoms with van der Waals surface area (Å²) in [4.78, 5) is 14.8. The van der Waals surface area contributed by atoms with Gasteiger partial charge in [0.25, 0.3) is 0 Å². The Bertz CT molecular complexity index is 1100. The van der Waals surface area contributed by atoms with Gasteiger partial charge in [-0.05, 0) is 30.5 Å². The number of benzene rings is 2. The second-order valence-corrected chi connectivity index (χ2v) is 9.23. The summed E-state index contributed by atoms with van der Waals surface area (Å²) in [6.07, 6.45) is 1.17. The normalized spacial score (nSPS) is 17.8. The molecule has 1 amide bonds. The SMILES string of the molecule is CN(Cc1ccccc1)C(=O)C1CCCN1S(=O)(=O)c1cccc2nsnc12. The molecule has 0 saturated carbocycles. The van der Waals surface area contributed by atoms with Crippen molar-refractivity contribution in [3.05, 3.63) is 54.1 Å². The lowest BCUT2D eigenvalue weighted by atomic mass is 10.1. The van der Waals surface area contributed by atoms with Crippen molar-refractivity contribution in [1.82, 2.24) is 18.0 Å². The van der Waals surface area contributed by atoms with E-state index in [9.17, 15) is 13.2 Å². The third-order valence-electron chi connectivity index (χ3n) is 4.96. The lowest BCUT2D eigenvalue weighted by molar-refractivity contribution is -0.133. The van der Waals surface area contributed by atoms with Gasteiger partial charge in [-0.2, -0.15) is 13.1 Å². The maximum atomic E-state index is 13.3. The number of hydrogen-bond acceptors (Lipinski definition) is 6. The summed E-state index contributed by atoms with van der Waals surface area (Å²) in [5.74, 6) is -0.187. The Morgan fingerprint density at radius 2 is 1.96 bits per heavy atom.